The number of nitrogens with zero attached hydrogens (tertiary/aromatic N) is 3. The summed E-state index contributed by atoms with van der Waals surface area (Å²) < 4.78 is 49.1. The molecule has 2 heterocycles. The number of rotatable bonds is 3. The van der Waals surface area contributed by atoms with Crippen molar-refractivity contribution in [3.63, 3.8) is 0 Å². The Kier molecular flexibility index (Phi) is 3.98. The maximum atomic E-state index is 12.4. The van der Waals surface area contributed by atoms with E-state index < -0.39 is 25.9 Å². The molecule has 1 saturated heterocycles. The molecule has 1 aromatic rings. The van der Waals surface area contributed by atoms with Crippen LogP contribution in [-0.2, 0) is 19.9 Å². The van der Waals surface area contributed by atoms with Crippen LogP contribution < -0.4 is 5.32 Å². The lowest BCUT2D eigenvalue weighted by Gasteiger charge is -2.31. The lowest BCUT2D eigenvalue weighted by molar-refractivity contribution is 0.356. The van der Waals surface area contributed by atoms with Crippen LogP contribution in [0.25, 0.3) is 0 Å². The monoisotopic (exact) mass is 320 g/mol. The highest BCUT2D eigenvalue weighted by atomic mass is 32.2. The van der Waals surface area contributed by atoms with Gasteiger partial charge in [0.2, 0.25) is 16.0 Å². The van der Waals surface area contributed by atoms with Gasteiger partial charge < -0.3 is 5.32 Å². The summed E-state index contributed by atoms with van der Waals surface area (Å²) in [7, 11) is -5.31. The molecular formula is C10H16N4O4S2. The highest BCUT2D eigenvalue weighted by Crippen LogP contribution is 2.21. The quantitative estimate of drug-likeness (QED) is 0.786. The molecule has 1 atom stereocenters. The summed E-state index contributed by atoms with van der Waals surface area (Å²) in [5, 5.41) is 2.69. The van der Waals surface area contributed by atoms with Crippen molar-refractivity contribution in [3.8, 4) is 0 Å². The number of aromatic nitrogens is 2. The summed E-state index contributed by atoms with van der Waals surface area (Å²) >= 11 is 0. The van der Waals surface area contributed by atoms with Gasteiger partial charge in [0.15, 0.2) is 9.84 Å². The fraction of sp³-hybridized carbons (Fsp3) is 0.600. The Bertz CT molecular complexity index is 684. The van der Waals surface area contributed by atoms with Gasteiger partial charge in [0.25, 0.3) is 0 Å². The summed E-state index contributed by atoms with van der Waals surface area (Å²) in [5.74, 6) is -0.00789. The zero-order chi connectivity index (χ0) is 15.0. The first kappa shape index (κ1) is 15.1. The summed E-state index contributed by atoms with van der Waals surface area (Å²) in [5.41, 5.74) is 0. The van der Waals surface area contributed by atoms with E-state index in [0.29, 0.717) is 5.95 Å². The minimum atomic E-state index is -3.77. The molecule has 0 bridgehead atoms. The third-order valence-corrected chi connectivity index (χ3v) is 6.83. The van der Waals surface area contributed by atoms with Gasteiger partial charge in [-0.1, -0.05) is 0 Å². The Hall–Kier alpha value is -1.26. The fourth-order valence-electron chi connectivity index (χ4n) is 2.05. The van der Waals surface area contributed by atoms with E-state index in [1.165, 1.54) is 16.7 Å². The van der Waals surface area contributed by atoms with Crippen LogP contribution in [0.4, 0.5) is 5.95 Å². The van der Waals surface area contributed by atoms with Crippen LogP contribution in [0.3, 0.4) is 0 Å². The highest BCUT2D eigenvalue weighted by Gasteiger charge is 2.36. The second kappa shape index (κ2) is 5.26. The van der Waals surface area contributed by atoms with E-state index in [4.69, 9.17) is 0 Å². The predicted molar refractivity (Wildman–Crippen MR) is 73.6 cm³/mol. The summed E-state index contributed by atoms with van der Waals surface area (Å²) in [6, 6.07) is -0.595. The van der Waals surface area contributed by atoms with Gasteiger partial charge in [0.05, 0.1) is 23.9 Å². The van der Waals surface area contributed by atoms with Gasteiger partial charge in [0, 0.05) is 19.6 Å². The van der Waals surface area contributed by atoms with E-state index in [1.807, 2.05) is 0 Å². The molecule has 1 N–H and O–H groups in total. The first-order valence-electron chi connectivity index (χ1n) is 5.98. The second-order valence-corrected chi connectivity index (χ2v) is 8.69. The van der Waals surface area contributed by atoms with Crippen molar-refractivity contribution in [2.75, 3.05) is 30.4 Å². The Balaban J connectivity index is 2.30. The van der Waals surface area contributed by atoms with Crippen molar-refractivity contribution < 1.29 is 16.8 Å². The number of anilines is 1. The lowest BCUT2D eigenvalue weighted by Crippen LogP contribution is -2.49. The third-order valence-electron chi connectivity index (χ3n) is 3.07. The Morgan fingerprint density at radius 3 is 2.45 bits per heavy atom. The second-order valence-electron chi connectivity index (χ2n) is 4.57. The van der Waals surface area contributed by atoms with E-state index in [9.17, 15) is 16.8 Å². The number of hydrogen-bond acceptors (Lipinski definition) is 7. The molecule has 0 radical (unpaired) electrons. The SMILES string of the molecule is CNc1ncc(S(=O)(=O)N2CCS(=O)(=O)CC2C)cn1. The molecule has 112 valence electrons. The highest BCUT2D eigenvalue weighted by molar-refractivity contribution is 7.92. The minimum absolute atomic E-state index is 0.0392. The first-order valence-corrected chi connectivity index (χ1v) is 9.24. The molecule has 8 nitrogen and oxygen atoms in total. The van der Waals surface area contributed by atoms with Gasteiger partial charge >= 0.3 is 0 Å². The van der Waals surface area contributed by atoms with Crippen LogP contribution in [0.2, 0.25) is 0 Å². The van der Waals surface area contributed by atoms with Crippen molar-refractivity contribution >= 4 is 25.8 Å². The van der Waals surface area contributed by atoms with E-state index in [2.05, 4.69) is 15.3 Å². The average Bonchev–Trinajstić information content (AvgIpc) is 2.37. The van der Waals surface area contributed by atoms with E-state index in [0.717, 1.165) is 0 Å². The molecule has 0 aromatic carbocycles. The number of nitrogens with one attached hydrogen (secondary N) is 1. The number of sulfonamides is 1. The van der Waals surface area contributed by atoms with Crippen LogP contribution >= 0.6 is 0 Å². The predicted octanol–water partition coefficient (Wildman–Crippen LogP) is -0.674. The van der Waals surface area contributed by atoms with Crippen LogP contribution in [0, 0.1) is 0 Å². The molecule has 0 spiro atoms. The van der Waals surface area contributed by atoms with Crippen molar-refractivity contribution in [2.45, 2.75) is 17.9 Å². The largest absolute Gasteiger partial charge is 0.357 e. The maximum absolute atomic E-state index is 12.4. The van der Waals surface area contributed by atoms with Gasteiger partial charge in [-0.2, -0.15) is 4.31 Å². The van der Waals surface area contributed by atoms with Crippen LogP contribution in [-0.4, -0.2) is 62.2 Å². The molecule has 0 aliphatic carbocycles. The fourth-order valence-corrected chi connectivity index (χ4v) is 5.34. The van der Waals surface area contributed by atoms with Gasteiger partial charge in [-0.3, -0.25) is 0 Å². The Labute approximate surface area is 118 Å². The molecule has 1 aliphatic heterocycles. The molecule has 1 unspecified atom stereocenters. The van der Waals surface area contributed by atoms with Crippen LogP contribution in [0.1, 0.15) is 6.92 Å². The standard InChI is InChI=1S/C10H16N4O4S2/c1-8-7-19(15,16)4-3-14(8)20(17,18)9-5-12-10(11-2)13-6-9/h5-6,8H,3-4,7H2,1-2H3,(H,11,12,13). The minimum Gasteiger partial charge on any atom is -0.357 e. The molecular weight excluding hydrogens is 304 g/mol. The first-order chi connectivity index (χ1) is 9.26. The third kappa shape index (κ3) is 2.91. The Morgan fingerprint density at radius 2 is 1.95 bits per heavy atom. The number of hydrogen-bond donors (Lipinski definition) is 1. The van der Waals surface area contributed by atoms with Crippen molar-refractivity contribution in [1.82, 2.24) is 14.3 Å². The average molecular weight is 320 g/mol. The normalized spacial score (nSPS) is 23.4. The van der Waals surface area contributed by atoms with Crippen molar-refractivity contribution in [3.05, 3.63) is 12.4 Å². The Morgan fingerprint density at radius 1 is 1.35 bits per heavy atom. The van der Waals surface area contributed by atoms with E-state index >= 15 is 0 Å². The maximum Gasteiger partial charge on any atom is 0.246 e. The summed E-state index contributed by atoms with van der Waals surface area (Å²) in [6.45, 7) is 1.54. The molecule has 0 amide bonds. The molecule has 1 aromatic heterocycles. The lowest BCUT2D eigenvalue weighted by atomic mass is 10.4. The van der Waals surface area contributed by atoms with Gasteiger partial charge in [-0.15, -0.1) is 0 Å². The molecule has 0 saturated carbocycles. The van der Waals surface area contributed by atoms with Crippen LogP contribution in [0.5, 0.6) is 0 Å². The summed E-state index contributed by atoms with van der Waals surface area (Å²) in [6.07, 6.45) is 2.42. The van der Waals surface area contributed by atoms with Gasteiger partial charge in [-0.25, -0.2) is 26.8 Å². The van der Waals surface area contributed by atoms with Crippen LogP contribution in [0.15, 0.2) is 17.3 Å². The topological polar surface area (TPSA) is 109 Å². The van der Waals surface area contributed by atoms with Gasteiger partial charge in [0.1, 0.15) is 4.90 Å². The molecule has 10 heteroatoms. The smallest absolute Gasteiger partial charge is 0.246 e. The van der Waals surface area contributed by atoms with Crippen molar-refractivity contribution in [1.29, 1.82) is 0 Å². The van der Waals surface area contributed by atoms with E-state index in [-0.39, 0.29) is 22.9 Å². The molecule has 1 fully saturated rings. The van der Waals surface area contributed by atoms with Crippen molar-refractivity contribution in [2.24, 2.45) is 0 Å². The summed E-state index contributed by atoms with van der Waals surface area (Å²) in [4.78, 5) is 7.69. The zero-order valence-corrected chi connectivity index (χ0v) is 12.8. The van der Waals surface area contributed by atoms with E-state index in [1.54, 1.807) is 14.0 Å². The molecule has 1 aliphatic rings. The van der Waals surface area contributed by atoms with Gasteiger partial charge in [-0.05, 0) is 6.92 Å². The molecule has 20 heavy (non-hydrogen) atoms. The molecule has 2 rings (SSSR count). The number of sulfone groups is 1. The zero-order valence-electron chi connectivity index (χ0n) is 11.1.